The lowest BCUT2D eigenvalue weighted by Gasteiger charge is -2.10. The third-order valence-electron chi connectivity index (χ3n) is 3.77. The summed E-state index contributed by atoms with van der Waals surface area (Å²) in [5.41, 5.74) is 2.23. The first-order valence-corrected chi connectivity index (χ1v) is 10.9. The van der Waals surface area contributed by atoms with Crippen molar-refractivity contribution in [2.45, 2.75) is 38.5 Å². The topological polar surface area (TPSA) is 38.3 Å². The summed E-state index contributed by atoms with van der Waals surface area (Å²) in [4.78, 5) is 11.9. The van der Waals surface area contributed by atoms with Gasteiger partial charge in [0.15, 0.2) is 0 Å². The number of aryl methyl sites for hydroxylation is 1. The molecule has 0 unspecified atom stereocenters. The van der Waals surface area contributed by atoms with Crippen LogP contribution >= 0.6 is 35.0 Å². The van der Waals surface area contributed by atoms with Crippen molar-refractivity contribution in [3.05, 3.63) is 63.6 Å². The molecule has 0 atom stereocenters. The maximum absolute atomic E-state index is 11.9. The van der Waals surface area contributed by atoms with Crippen molar-refractivity contribution in [2.75, 3.05) is 12.3 Å². The number of ether oxygens (including phenoxy) is 1. The highest BCUT2D eigenvalue weighted by molar-refractivity contribution is 7.99. The monoisotopic (exact) mass is 425 g/mol. The Morgan fingerprint density at radius 3 is 2.56 bits per heavy atom. The van der Waals surface area contributed by atoms with E-state index in [4.69, 9.17) is 27.9 Å². The van der Waals surface area contributed by atoms with Gasteiger partial charge in [-0.05, 0) is 62.1 Å². The number of nitrogens with one attached hydrogen (secondary N) is 1. The molecule has 0 saturated heterocycles. The van der Waals surface area contributed by atoms with E-state index in [0.717, 1.165) is 24.2 Å². The Morgan fingerprint density at radius 1 is 1.15 bits per heavy atom. The maximum atomic E-state index is 11.9. The van der Waals surface area contributed by atoms with Crippen LogP contribution in [-0.4, -0.2) is 24.3 Å². The smallest absolute Gasteiger partial charge is 0.230 e. The zero-order valence-corrected chi connectivity index (χ0v) is 18.0. The van der Waals surface area contributed by atoms with Crippen molar-refractivity contribution in [1.29, 1.82) is 0 Å². The van der Waals surface area contributed by atoms with E-state index in [1.807, 2.05) is 38.1 Å². The minimum atomic E-state index is 0.0470. The van der Waals surface area contributed by atoms with Crippen LogP contribution < -0.4 is 10.1 Å². The van der Waals surface area contributed by atoms with Crippen molar-refractivity contribution in [3.8, 4) is 5.75 Å². The van der Waals surface area contributed by atoms with Crippen molar-refractivity contribution in [3.63, 3.8) is 0 Å². The fraction of sp³-hybridized carbons (Fsp3) is 0.381. The fourth-order valence-electron chi connectivity index (χ4n) is 2.47. The molecule has 0 aliphatic heterocycles. The van der Waals surface area contributed by atoms with Crippen molar-refractivity contribution in [2.24, 2.45) is 0 Å². The molecule has 1 N–H and O–H groups in total. The molecule has 146 valence electrons. The second kappa shape index (κ2) is 11.5. The molecule has 0 aliphatic rings. The van der Waals surface area contributed by atoms with Crippen LogP contribution in [0.3, 0.4) is 0 Å². The van der Waals surface area contributed by atoms with Gasteiger partial charge < -0.3 is 10.1 Å². The summed E-state index contributed by atoms with van der Waals surface area (Å²) in [5, 5.41) is 4.22. The Kier molecular flexibility index (Phi) is 9.32. The first-order chi connectivity index (χ1) is 12.9. The molecule has 0 spiro atoms. The van der Waals surface area contributed by atoms with Gasteiger partial charge in [0.2, 0.25) is 5.91 Å². The molecule has 2 aromatic rings. The first kappa shape index (κ1) is 21.9. The average Bonchev–Trinajstić information content (AvgIpc) is 2.61. The van der Waals surface area contributed by atoms with Gasteiger partial charge in [0.25, 0.3) is 0 Å². The molecule has 27 heavy (non-hydrogen) atoms. The molecule has 1 amide bonds. The molecule has 2 aromatic carbocycles. The number of amides is 1. The maximum Gasteiger partial charge on any atom is 0.230 e. The molecular weight excluding hydrogens is 401 g/mol. The third-order valence-corrected chi connectivity index (χ3v) is 5.33. The van der Waals surface area contributed by atoms with E-state index in [1.165, 1.54) is 5.56 Å². The lowest BCUT2D eigenvalue weighted by Crippen LogP contribution is -2.26. The summed E-state index contributed by atoms with van der Waals surface area (Å²) in [7, 11) is 0. The van der Waals surface area contributed by atoms with Crippen LogP contribution in [0, 0.1) is 0 Å². The van der Waals surface area contributed by atoms with Gasteiger partial charge in [-0.25, -0.2) is 0 Å². The number of rotatable bonds is 10. The Labute approximate surface area is 175 Å². The summed E-state index contributed by atoms with van der Waals surface area (Å²) in [6.07, 6.45) is 2.01. The van der Waals surface area contributed by atoms with Crippen molar-refractivity contribution < 1.29 is 9.53 Å². The van der Waals surface area contributed by atoms with Gasteiger partial charge in [-0.3, -0.25) is 4.79 Å². The number of hydrogen-bond donors (Lipinski definition) is 1. The van der Waals surface area contributed by atoms with E-state index < -0.39 is 0 Å². The van der Waals surface area contributed by atoms with Gasteiger partial charge in [0.05, 0.1) is 11.9 Å². The molecule has 0 aliphatic carbocycles. The van der Waals surface area contributed by atoms with Crippen LogP contribution in [0.15, 0.2) is 42.5 Å². The SMILES string of the molecule is CC(C)Oc1ccc(CCCNC(=O)CSCc2ccc(Cl)cc2Cl)cc1. The molecule has 0 bridgehead atoms. The quantitative estimate of drug-likeness (QED) is 0.491. The molecule has 0 saturated carbocycles. The van der Waals surface area contributed by atoms with Crippen LogP contribution in [0.1, 0.15) is 31.4 Å². The largest absolute Gasteiger partial charge is 0.491 e. The van der Waals surface area contributed by atoms with E-state index in [1.54, 1.807) is 17.8 Å². The fourth-order valence-corrected chi connectivity index (χ4v) is 3.89. The first-order valence-electron chi connectivity index (χ1n) is 8.98. The van der Waals surface area contributed by atoms with Gasteiger partial charge >= 0.3 is 0 Å². The zero-order chi connectivity index (χ0) is 19.6. The van der Waals surface area contributed by atoms with Gasteiger partial charge in [-0.2, -0.15) is 0 Å². The van der Waals surface area contributed by atoms with E-state index >= 15 is 0 Å². The Balaban J connectivity index is 1.60. The lowest BCUT2D eigenvalue weighted by molar-refractivity contribution is -0.118. The van der Waals surface area contributed by atoms with Gasteiger partial charge in [0.1, 0.15) is 5.75 Å². The van der Waals surface area contributed by atoms with Gasteiger partial charge in [0, 0.05) is 22.3 Å². The minimum Gasteiger partial charge on any atom is -0.491 e. The summed E-state index contributed by atoms with van der Waals surface area (Å²) in [5.74, 6) is 2.04. The Bertz CT molecular complexity index is 735. The van der Waals surface area contributed by atoms with Crippen LogP contribution in [0.2, 0.25) is 10.0 Å². The second-order valence-corrected chi connectivity index (χ2v) is 8.32. The summed E-state index contributed by atoms with van der Waals surface area (Å²) in [6, 6.07) is 13.6. The highest BCUT2D eigenvalue weighted by Crippen LogP contribution is 2.24. The zero-order valence-electron chi connectivity index (χ0n) is 15.6. The lowest BCUT2D eigenvalue weighted by atomic mass is 10.1. The second-order valence-electron chi connectivity index (χ2n) is 6.49. The molecule has 0 aromatic heterocycles. The standard InChI is InChI=1S/C21H25Cl2NO2S/c1-15(2)26-19-9-5-16(6-10-19)4-3-11-24-21(25)14-27-13-17-7-8-18(22)12-20(17)23/h5-10,12,15H,3-4,11,13-14H2,1-2H3,(H,24,25). The van der Waals surface area contributed by atoms with Crippen LogP contribution in [-0.2, 0) is 17.0 Å². The third kappa shape index (κ3) is 8.46. The number of carbonyl (C=O) groups is 1. The predicted octanol–water partition coefficient (Wildman–Crippen LogP) is 5.76. The number of thioether (sulfide) groups is 1. The van der Waals surface area contributed by atoms with E-state index in [-0.39, 0.29) is 12.0 Å². The predicted molar refractivity (Wildman–Crippen MR) is 116 cm³/mol. The average molecular weight is 426 g/mol. The number of hydrogen-bond acceptors (Lipinski definition) is 3. The Hall–Kier alpha value is -1.36. The summed E-state index contributed by atoms with van der Waals surface area (Å²) < 4.78 is 5.63. The molecule has 6 heteroatoms. The van der Waals surface area contributed by atoms with Crippen molar-refractivity contribution in [1.82, 2.24) is 5.32 Å². The van der Waals surface area contributed by atoms with Crippen molar-refractivity contribution >= 4 is 40.9 Å². The van der Waals surface area contributed by atoms with Crippen LogP contribution in [0.25, 0.3) is 0 Å². The molecule has 3 nitrogen and oxygen atoms in total. The highest BCUT2D eigenvalue weighted by atomic mass is 35.5. The summed E-state index contributed by atoms with van der Waals surface area (Å²) >= 11 is 13.6. The van der Waals surface area contributed by atoms with Crippen LogP contribution in [0.5, 0.6) is 5.75 Å². The van der Waals surface area contributed by atoms with Gasteiger partial charge in [-0.15, -0.1) is 11.8 Å². The molecule has 0 heterocycles. The molecule has 0 fully saturated rings. The molecule has 0 radical (unpaired) electrons. The van der Waals surface area contributed by atoms with E-state index in [9.17, 15) is 4.79 Å². The Morgan fingerprint density at radius 2 is 1.89 bits per heavy atom. The van der Waals surface area contributed by atoms with Crippen LogP contribution in [0.4, 0.5) is 0 Å². The highest BCUT2D eigenvalue weighted by Gasteiger charge is 2.05. The summed E-state index contributed by atoms with van der Waals surface area (Å²) in [6.45, 7) is 4.70. The number of halogens is 2. The number of benzene rings is 2. The molecular formula is C21H25Cl2NO2S. The normalized spacial score (nSPS) is 10.9. The molecule has 2 rings (SSSR count). The number of carbonyl (C=O) groups excluding carboxylic acids is 1. The minimum absolute atomic E-state index is 0.0470. The van der Waals surface area contributed by atoms with E-state index in [2.05, 4.69) is 17.4 Å². The van der Waals surface area contributed by atoms with Gasteiger partial charge in [-0.1, -0.05) is 41.4 Å². The van der Waals surface area contributed by atoms with E-state index in [0.29, 0.717) is 28.1 Å².